The molecule has 0 bridgehead atoms. The van der Waals surface area contributed by atoms with Crippen molar-refractivity contribution in [3.05, 3.63) is 58.4 Å². The SMILES string of the molecule is CCOc1cc(CNc2nn[nH]n2)cc(Cl)c1OCc1ccc(F)cc1. The van der Waals surface area contributed by atoms with E-state index in [0.717, 1.165) is 11.1 Å². The molecule has 0 fully saturated rings. The van der Waals surface area contributed by atoms with Crippen molar-refractivity contribution in [2.24, 2.45) is 0 Å². The van der Waals surface area contributed by atoms with Crippen molar-refractivity contribution in [3.63, 3.8) is 0 Å². The first-order valence-electron chi connectivity index (χ1n) is 7.95. The van der Waals surface area contributed by atoms with Gasteiger partial charge in [0.25, 0.3) is 5.95 Å². The Kier molecular flexibility index (Phi) is 5.85. The maximum atomic E-state index is 13.0. The molecule has 7 nitrogen and oxygen atoms in total. The van der Waals surface area contributed by atoms with Crippen LogP contribution in [-0.2, 0) is 13.2 Å². The Labute approximate surface area is 154 Å². The lowest BCUT2D eigenvalue weighted by Crippen LogP contribution is -2.04. The van der Waals surface area contributed by atoms with Gasteiger partial charge in [0.05, 0.1) is 11.6 Å². The van der Waals surface area contributed by atoms with Crippen LogP contribution in [0.5, 0.6) is 11.5 Å². The second kappa shape index (κ2) is 8.48. The molecule has 9 heteroatoms. The third-order valence-electron chi connectivity index (χ3n) is 3.46. The van der Waals surface area contributed by atoms with E-state index in [1.54, 1.807) is 18.2 Å². The molecule has 1 heterocycles. The molecule has 0 aliphatic heterocycles. The minimum Gasteiger partial charge on any atom is -0.490 e. The second-order valence-corrected chi connectivity index (χ2v) is 5.75. The van der Waals surface area contributed by atoms with Crippen LogP contribution in [0, 0.1) is 5.82 Å². The first-order chi connectivity index (χ1) is 12.7. The topological polar surface area (TPSA) is 85.0 Å². The predicted octanol–water partition coefficient (Wildman–Crippen LogP) is 3.58. The van der Waals surface area contributed by atoms with Crippen LogP contribution >= 0.6 is 11.6 Å². The van der Waals surface area contributed by atoms with Crippen molar-refractivity contribution in [1.82, 2.24) is 20.6 Å². The van der Waals surface area contributed by atoms with Crippen LogP contribution in [0.25, 0.3) is 0 Å². The van der Waals surface area contributed by atoms with Gasteiger partial charge in [-0.3, -0.25) is 0 Å². The number of hydrogen-bond acceptors (Lipinski definition) is 6. The second-order valence-electron chi connectivity index (χ2n) is 5.34. The number of nitrogens with one attached hydrogen (secondary N) is 2. The van der Waals surface area contributed by atoms with E-state index in [1.165, 1.54) is 12.1 Å². The number of rotatable bonds is 8. The average Bonchev–Trinajstić information content (AvgIpc) is 3.14. The largest absolute Gasteiger partial charge is 0.490 e. The van der Waals surface area contributed by atoms with E-state index in [9.17, 15) is 4.39 Å². The Bertz CT molecular complexity index is 843. The molecule has 0 atom stereocenters. The van der Waals surface area contributed by atoms with Crippen LogP contribution in [0.2, 0.25) is 5.02 Å². The van der Waals surface area contributed by atoms with Gasteiger partial charge in [-0.15, -0.1) is 5.10 Å². The lowest BCUT2D eigenvalue weighted by atomic mass is 10.2. The number of halogens is 2. The number of anilines is 1. The number of hydrogen-bond donors (Lipinski definition) is 2. The zero-order valence-electron chi connectivity index (χ0n) is 14.0. The van der Waals surface area contributed by atoms with E-state index in [1.807, 2.05) is 13.0 Å². The standard InChI is InChI=1S/C17H17ClFN5O2/c1-2-25-15-8-12(9-20-17-21-23-24-22-17)7-14(18)16(15)26-10-11-3-5-13(19)6-4-11/h3-8H,2,9-10H2,1H3,(H2,20,21,22,23,24). The fourth-order valence-corrected chi connectivity index (χ4v) is 2.57. The van der Waals surface area contributed by atoms with Gasteiger partial charge in [0.2, 0.25) is 0 Å². The van der Waals surface area contributed by atoms with Gasteiger partial charge in [0, 0.05) is 6.54 Å². The zero-order valence-corrected chi connectivity index (χ0v) is 14.8. The lowest BCUT2D eigenvalue weighted by molar-refractivity contribution is 0.269. The summed E-state index contributed by atoms with van der Waals surface area (Å²) in [5, 5.41) is 16.9. The number of aromatic amines is 1. The molecular weight excluding hydrogens is 361 g/mol. The maximum absolute atomic E-state index is 13.0. The predicted molar refractivity (Wildman–Crippen MR) is 94.9 cm³/mol. The van der Waals surface area contributed by atoms with Gasteiger partial charge in [-0.05, 0) is 47.5 Å². The molecular formula is C17H17ClFN5O2. The van der Waals surface area contributed by atoms with Gasteiger partial charge >= 0.3 is 0 Å². The van der Waals surface area contributed by atoms with E-state index in [-0.39, 0.29) is 12.4 Å². The summed E-state index contributed by atoms with van der Waals surface area (Å²) >= 11 is 6.38. The van der Waals surface area contributed by atoms with E-state index in [0.29, 0.717) is 35.6 Å². The van der Waals surface area contributed by atoms with Crippen LogP contribution in [0.3, 0.4) is 0 Å². The van der Waals surface area contributed by atoms with E-state index < -0.39 is 0 Å². The zero-order chi connectivity index (χ0) is 18.4. The summed E-state index contributed by atoms with van der Waals surface area (Å²) < 4.78 is 24.5. The number of tetrazole rings is 1. The molecule has 2 N–H and O–H groups in total. The van der Waals surface area contributed by atoms with Crippen molar-refractivity contribution >= 4 is 17.5 Å². The Morgan fingerprint density at radius 1 is 1.15 bits per heavy atom. The van der Waals surface area contributed by atoms with Gasteiger partial charge in [-0.2, -0.15) is 5.21 Å². The molecule has 2 aromatic carbocycles. The van der Waals surface area contributed by atoms with Crippen LogP contribution in [0.4, 0.5) is 10.3 Å². The summed E-state index contributed by atoms with van der Waals surface area (Å²) in [6, 6.07) is 9.70. The highest BCUT2D eigenvalue weighted by Crippen LogP contribution is 2.37. The molecule has 26 heavy (non-hydrogen) atoms. The molecule has 0 radical (unpaired) electrons. The fourth-order valence-electron chi connectivity index (χ4n) is 2.28. The minimum absolute atomic E-state index is 0.251. The van der Waals surface area contributed by atoms with E-state index in [4.69, 9.17) is 21.1 Å². The number of aromatic nitrogens is 4. The normalized spacial score (nSPS) is 10.6. The molecule has 0 unspecified atom stereocenters. The number of ether oxygens (including phenoxy) is 2. The average molecular weight is 378 g/mol. The summed E-state index contributed by atoms with van der Waals surface area (Å²) in [6.07, 6.45) is 0. The molecule has 0 aliphatic rings. The monoisotopic (exact) mass is 377 g/mol. The fraction of sp³-hybridized carbons (Fsp3) is 0.235. The molecule has 0 saturated carbocycles. The quantitative estimate of drug-likeness (QED) is 0.624. The highest BCUT2D eigenvalue weighted by molar-refractivity contribution is 6.32. The molecule has 136 valence electrons. The van der Waals surface area contributed by atoms with Gasteiger partial charge in [0.15, 0.2) is 11.5 Å². The minimum atomic E-state index is -0.291. The molecule has 3 aromatic rings. The van der Waals surface area contributed by atoms with Crippen LogP contribution in [0.1, 0.15) is 18.1 Å². The summed E-state index contributed by atoms with van der Waals surface area (Å²) in [7, 11) is 0. The third kappa shape index (κ3) is 4.60. The van der Waals surface area contributed by atoms with Crippen molar-refractivity contribution in [2.75, 3.05) is 11.9 Å². The summed E-state index contributed by atoms with van der Waals surface area (Å²) in [6.45, 7) is 3.03. The van der Waals surface area contributed by atoms with Crippen LogP contribution in [-0.4, -0.2) is 27.2 Å². The first-order valence-corrected chi connectivity index (χ1v) is 8.33. The van der Waals surface area contributed by atoms with Gasteiger partial charge in [-0.25, -0.2) is 4.39 Å². The smallest absolute Gasteiger partial charge is 0.263 e. The lowest BCUT2D eigenvalue weighted by Gasteiger charge is -2.15. The number of benzene rings is 2. The Balaban J connectivity index is 1.74. The first kappa shape index (κ1) is 17.9. The van der Waals surface area contributed by atoms with Crippen LogP contribution in [0.15, 0.2) is 36.4 Å². The van der Waals surface area contributed by atoms with E-state index >= 15 is 0 Å². The summed E-state index contributed by atoms with van der Waals surface area (Å²) in [5.74, 6) is 1.07. The highest BCUT2D eigenvalue weighted by Gasteiger charge is 2.13. The Morgan fingerprint density at radius 3 is 2.65 bits per heavy atom. The molecule has 0 amide bonds. The van der Waals surface area contributed by atoms with Crippen molar-refractivity contribution < 1.29 is 13.9 Å². The highest BCUT2D eigenvalue weighted by atomic mass is 35.5. The van der Waals surface area contributed by atoms with E-state index in [2.05, 4.69) is 25.9 Å². The third-order valence-corrected chi connectivity index (χ3v) is 3.74. The van der Waals surface area contributed by atoms with Gasteiger partial charge in [-0.1, -0.05) is 28.8 Å². The van der Waals surface area contributed by atoms with Crippen molar-refractivity contribution in [3.8, 4) is 11.5 Å². The van der Waals surface area contributed by atoms with Crippen LogP contribution < -0.4 is 14.8 Å². The summed E-state index contributed by atoms with van der Waals surface area (Å²) in [5.41, 5.74) is 1.70. The Morgan fingerprint density at radius 2 is 1.96 bits per heavy atom. The van der Waals surface area contributed by atoms with Crippen molar-refractivity contribution in [2.45, 2.75) is 20.1 Å². The summed E-state index contributed by atoms with van der Waals surface area (Å²) in [4.78, 5) is 0. The Hall–Kier alpha value is -2.87. The molecule has 3 rings (SSSR count). The number of nitrogens with zero attached hydrogens (tertiary/aromatic N) is 3. The molecule has 0 aliphatic carbocycles. The maximum Gasteiger partial charge on any atom is 0.263 e. The molecule has 0 spiro atoms. The molecule has 1 aromatic heterocycles. The number of H-pyrrole nitrogens is 1. The van der Waals surface area contributed by atoms with Gasteiger partial charge in [0.1, 0.15) is 12.4 Å². The van der Waals surface area contributed by atoms with Gasteiger partial charge < -0.3 is 14.8 Å². The molecule has 0 saturated heterocycles. The van der Waals surface area contributed by atoms with Crippen molar-refractivity contribution in [1.29, 1.82) is 0 Å².